The Morgan fingerprint density at radius 1 is 1.05 bits per heavy atom. The third kappa shape index (κ3) is 1.97. The molecule has 0 spiro atoms. The lowest BCUT2D eigenvalue weighted by Gasteiger charge is -2.27. The van der Waals surface area contributed by atoms with Crippen molar-refractivity contribution < 1.29 is 9.90 Å². The highest BCUT2D eigenvalue weighted by molar-refractivity contribution is 6.03. The maximum atomic E-state index is 11.0. The lowest BCUT2D eigenvalue weighted by molar-refractivity contribution is 0.0697. The number of carboxylic acid groups (broad SMARTS) is 1. The molecule has 0 aromatic heterocycles. The first-order chi connectivity index (χ1) is 10.3. The lowest BCUT2D eigenvalue weighted by atomic mass is 9.73. The van der Waals surface area contributed by atoms with Crippen LogP contribution < -0.4 is 0 Å². The standard InChI is InChI=1S/C19H19NO2/c1-11-9-16-17(10-12(11)2)20-13(3)19(16,4)15-7-5-14(6-8-15)18(21)22/h5-10H,1-4H3,(H,21,22). The number of nitrogens with zero attached hydrogens (tertiary/aromatic N) is 1. The number of rotatable bonds is 2. The third-order valence-electron chi connectivity index (χ3n) is 4.87. The minimum absolute atomic E-state index is 0.301. The monoisotopic (exact) mass is 293 g/mol. The van der Waals surface area contributed by atoms with Crippen molar-refractivity contribution >= 4 is 17.4 Å². The van der Waals surface area contributed by atoms with Crippen molar-refractivity contribution in [2.45, 2.75) is 33.1 Å². The van der Waals surface area contributed by atoms with Crippen LogP contribution >= 0.6 is 0 Å². The third-order valence-corrected chi connectivity index (χ3v) is 4.87. The number of fused-ring (bicyclic) bond motifs is 1. The maximum absolute atomic E-state index is 11.0. The highest BCUT2D eigenvalue weighted by Gasteiger charge is 2.38. The molecule has 2 aromatic carbocycles. The molecule has 3 rings (SSSR count). The van der Waals surface area contributed by atoms with Gasteiger partial charge in [-0.15, -0.1) is 0 Å². The molecule has 0 aliphatic carbocycles. The van der Waals surface area contributed by atoms with E-state index in [4.69, 9.17) is 10.1 Å². The van der Waals surface area contributed by atoms with Crippen molar-refractivity contribution in [3.63, 3.8) is 0 Å². The van der Waals surface area contributed by atoms with E-state index < -0.39 is 5.97 Å². The number of carboxylic acids is 1. The van der Waals surface area contributed by atoms with Gasteiger partial charge in [0.15, 0.2) is 0 Å². The molecule has 0 fully saturated rings. The van der Waals surface area contributed by atoms with Crippen molar-refractivity contribution in [2.24, 2.45) is 4.99 Å². The number of hydrogen-bond donors (Lipinski definition) is 1. The highest BCUT2D eigenvalue weighted by Crippen LogP contribution is 2.45. The van der Waals surface area contributed by atoms with E-state index in [0.29, 0.717) is 5.56 Å². The van der Waals surface area contributed by atoms with Crippen LogP contribution in [0.3, 0.4) is 0 Å². The molecular formula is C19H19NO2. The maximum Gasteiger partial charge on any atom is 0.335 e. The van der Waals surface area contributed by atoms with E-state index in [-0.39, 0.29) is 5.41 Å². The minimum atomic E-state index is -0.902. The molecule has 1 aliphatic rings. The zero-order valence-electron chi connectivity index (χ0n) is 13.3. The molecule has 0 saturated heterocycles. The second-order valence-corrected chi connectivity index (χ2v) is 6.16. The summed E-state index contributed by atoms with van der Waals surface area (Å²) in [6, 6.07) is 11.4. The van der Waals surface area contributed by atoms with Crippen molar-refractivity contribution in [3.05, 3.63) is 64.2 Å². The molecule has 2 aromatic rings. The van der Waals surface area contributed by atoms with Crippen LogP contribution in [0.15, 0.2) is 41.4 Å². The topological polar surface area (TPSA) is 49.7 Å². The van der Waals surface area contributed by atoms with Crippen LogP contribution in [0.5, 0.6) is 0 Å². The fourth-order valence-electron chi connectivity index (χ4n) is 3.09. The summed E-state index contributed by atoms with van der Waals surface area (Å²) in [5.41, 5.74) is 6.81. The van der Waals surface area contributed by atoms with Gasteiger partial charge in [-0.25, -0.2) is 4.79 Å². The predicted molar refractivity (Wildman–Crippen MR) is 88.5 cm³/mol. The molecule has 0 saturated carbocycles. The number of carbonyl (C=O) groups is 1. The van der Waals surface area contributed by atoms with Gasteiger partial charge in [-0.3, -0.25) is 4.99 Å². The van der Waals surface area contributed by atoms with Crippen molar-refractivity contribution in [3.8, 4) is 0 Å². The van der Waals surface area contributed by atoms with Gasteiger partial charge in [0.25, 0.3) is 0 Å². The van der Waals surface area contributed by atoms with Crippen LogP contribution in [0.4, 0.5) is 5.69 Å². The second-order valence-electron chi connectivity index (χ2n) is 6.16. The van der Waals surface area contributed by atoms with Crippen molar-refractivity contribution in [1.29, 1.82) is 0 Å². The average Bonchev–Trinajstić information content (AvgIpc) is 2.72. The van der Waals surface area contributed by atoms with Crippen LogP contribution in [0.25, 0.3) is 0 Å². The van der Waals surface area contributed by atoms with Gasteiger partial charge in [0.1, 0.15) is 0 Å². The predicted octanol–water partition coefficient (Wildman–Crippen LogP) is 4.41. The van der Waals surface area contributed by atoms with Gasteiger partial charge in [0.05, 0.1) is 16.7 Å². The summed E-state index contributed by atoms with van der Waals surface area (Å²) >= 11 is 0. The van der Waals surface area contributed by atoms with Crippen molar-refractivity contribution in [2.75, 3.05) is 0 Å². The van der Waals surface area contributed by atoms with Crippen LogP contribution in [0, 0.1) is 13.8 Å². The molecule has 3 heteroatoms. The normalized spacial score (nSPS) is 19.7. The van der Waals surface area contributed by atoms with Crippen molar-refractivity contribution in [1.82, 2.24) is 0 Å². The average molecular weight is 293 g/mol. The van der Waals surface area contributed by atoms with Crippen LogP contribution in [0.2, 0.25) is 0 Å². The molecule has 0 bridgehead atoms. The van der Waals surface area contributed by atoms with E-state index in [1.165, 1.54) is 16.7 Å². The Morgan fingerprint density at radius 3 is 2.23 bits per heavy atom. The number of benzene rings is 2. The molecule has 3 nitrogen and oxygen atoms in total. The molecular weight excluding hydrogens is 274 g/mol. The Bertz CT molecular complexity index is 803. The summed E-state index contributed by atoms with van der Waals surface area (Å²) in [6.45, 7) is 8.40. The van der Waals surface area contributed by atoms with E-state index in [0.717, 1.165) is 17.0 Å². The SMILES string of the molecule is CC1=Nc2cc(C)c(C)cc2C1(C)c1ccc(C(=O)O)cc1. The van der Waals surface area contributed by atoms with E-state index in [2.05, 4.69) is 32.9 Å². The van der Waals surface area contributed by atoms with E-state index in [9.17, 15) is 4.79 Å². The summed E-state index contributed by atoms with van der Waals surface area (Å²) in [5.74, 6) is -0.902. The summed E-state index contributed by atoms with van der Waals surface area (Å²) in [4.78, 5) is 15.8. The Kier molecular flexibility index (Phi) is 3.17. The zero-order valence-corrected chi connectivity index (χ0v) is 13.3. The quantitative estimate of drug-likeness (QED) is 0.891. The van der Waals surface area contributed by atoms with Gasteiger partial charge in [-0.05, 0) is 68.1 Å². The van der Waals surface area contributed by atoms with Gasteiger partial charge >= 0.3 is 5.97 Å². The Hall–Kier alpha value is -2.42. The molecule has 0 amide bonds. The molecule has 1 N–H and O–H groups in total. The van der Waals surface area contributed by atoms with Gasteiger partial charge in [-0.1, -0.05) is 18.2 Å². The highest BCUT2D eigenvalue weighted by atomic mass is 16.4. The number of aromatic carboxylic acids is 1. The number of aliphatic imine (C=N–C) groups is 1. The first-order valence-corrected chi connectivity index (χ1v) is 7.35. The molecule has 1 aliphatic heterocycles. The summed E-state index contributed by atoms with van der Waals surface area (Å²) < 4.78 is 0. The number of aryl methyl sites for hydroxylation is 2. The van der Waals surface area contributed by atoms with Crippen LogP contribution in [0.1, 0.15) is 46.5 Å². The number of hydrogen-bond acceptors (Lipinski definition) is 2. The molecule has 112 valence electrons. The van der Waals surface area contributed by atoms with Crippen LogP contribution in [-0.2, 0) is 5.41 Å². The Morgan fingerprint density at radius 2 is 1.64 bits per heavy atom. The van der Waals surface area contributed by atoms with E-state index in [1.807, 2.05) is 19.1 Å². The Balaban J connectivity index is 2.16. The molecule has 1 atom stereocenters. The fraction of sp³-hybridized carbons (Fsp3) is 0.263. The summed E-state index contributed by atoms with van der Waals surface area (Å²) in [5, 5.41) is 9.06. The van der Waals surface area contributed by atoms with Gasteiger partial charge in [-0.2, -0.15) is 0 Å². The molecule has 1 unspecified atom stereocenters. The summed E-state index contributed by atoms with van der Waals surface area (Å²) in [7, 11) is 0. The zero-order chi connectivity index (χ0) is 16.1. The molecule has 1 heterocycles. The summed E-state index contributed by atoms with van der Waals surface area (Å²) in [6.07, 6.45) is 0. The molecule has 22 heavy (non-hydrogen) atoms. The second kappa shape index (κ2) is 4.80. The Labute approximate surface area is 130 Å². The smallest absolute Gasteiger partial charge is 0.335 e. The van der Waals surface area contributed by atoms with E-state index in [1.54, 1.807) is 12.1 Å². The first-order valence-electron chi connectivity index (χ1n) is 7.35. The van der Waals surface area contributed by atoms with Crippen LogP contribution in [-0.4, -0.2) is 16.8 Å². The lowest BCUT2D eigenvalue weighted by Crippen LogP contribution is -2.29. The van der Waals surface area contributed by atoms with Gasteiger partial charge in [0.2, 0.25) is 0 Å². The van der Waals surface area contributed by atoms with Gasteiger partial charge in [0, 0.05) is 5.71 Å². The fourth-order valence-corrected chi connectivity index (χ4v) is 3.09. The first kappa shape index (κ1) is 14.5. The van der Waals surface area contributed by atoms with E-state index >= 15 is 0 Å². The largest absolute Gasteiger partial charge is 0.478 e. The molecule has 0 radical (unpaired) electrons. The minimum Gasteiger partial charge on any atom is -0.478 e. The van der Waals surface area contributed by atoms with Gasteiger partial charge < -0.3 is 5.11 Å².